The van der Waals surface area contributed by atoms with Crippen LogP contribution in [0.25, 0.3) is 0 Å². The fourth-order valence-electron chi connectivity index (χ4n) is 2.42. The lowest BCUT2D eigenvalue weighted by atomic mass is 10.0. The van der Waals surface area contributed by atoms with Crippen molar-refractivity contribution < 1.29 is 9.53 Å². The van der Waals surface area contributed by atoms with E-state index in [4.69, 9.17) is 4.74 Å². The van der Waals surface area contributed by atoms with Crippen molar-refractivity contribution >= 4 is 5.97 Å². The number of hydrogen-bond acceptors (Lipinski definition) is 2. The van der Waals surface area contributed by atoms with Crippen LogP contribution in [0.5, 0.6) is 0 Å². The van der Waals surface area contributed by atoms with Gasteiger partial charge in [0.2, 0.25) is 0 Å². The number of unbranched alkanes of at least 4 members (excludes halogenated alkanes) is 2. The van der Waals surface area contributed by atoms with Gasteiger partial charge in [0, 0.05) is 6.42 Å². The van der Waals surface area contributed by atoms with Crippen LogP contribution in [-0.4, -0.2) is 12.6 Å². The lowest BCUT2D eigenvalue weighted by molar-refractivity contribution is -0.145. The van der Waals surface area contributed by atoms with Crippen LogP contribution in [0.15, 0.2) is 30.3 Å². The van der Waals surface area contributed by atoms with E-state index in [1.54, 1.807) is 0 Å². The number of rotatable bonds is 11. The molecule has 1 rings (SSSR count). The molecule has 0 N–H and O–H groups in total. The molecule has 0 fully saturated rings. The summed E-state index contributed by atoms with van der Waals surface area (Å²) in [6.45, 7) is 4.98. The molecule has 0 spiro atoms. The van der Waals surface area contributed by atoms with Crippen molar-refractivity contribution in [2.24, 2.45) is 5.92 Å². The fourth-order valence-corrected chi connectivity index (χ4v) is 2.42. The largest absolute Gasteiger partial charge is 0.465 e. The molecular formula is C19H30O2. The molecule has 118 valence electrons. The SMILES string of the molecule is CCCCC(CC)COC(=O)CCCCc1ccccc1. The van der Waals surface area contributed by atoms with E-state index in [-0.39, 0.29) is 5.97 Å². The summed E-state index contributed by atoms with van der Waals surface area (Å²) in [6, 6.07) is 10.4. The Labute approximate surface area is 129 Å². The Balaban J connectivity index is 2.08. The van der Waals surface area contributed by atoms with Crippen molar-refractivity contribution in [1.29, 1.82) is 0 Å². The van der Waals surface area contributed by atoms with E-state index in [0.717, 1.165) is 25.7 Å². The topological polar surface area (TPSA) is 26.3 Å². The smallest absolute Gasteiger partial charge is 0.305 e. The zero-order valence-electron chi connectivity index (χ0n) is 13.6. The van der Waals surface area contributed by atoms with Gasteiger partial charge in [-0.2, -0.15) is 0 Å². The molecule has 21 heavy (non-hydrogen) atoms. The number of carbonyl (C=O) groups is 1. The summed E-state index contributed by atoms with van der Waals surface area (Å²) >= 11 is 0. The monoisotopic (exact) mass is 290 g/mol. The molecule has 0 aliphatic heterocycles. The molecule has 0 radical (unpaired) electrons. The minimum atomic E-state index is -0.0296. The molecule has 0 heterocycles. The van der Waals surface area contributed by atoms with Crippen molar-refractivity contribution in [2.75, 3.05) is 6.61 Å². The highest BCUT2D eigenvalue weighted by Gasteiger charge is 2.09. The third-order valence-electron chi connectivity index (χ3n) is 3.96. The molecule has 2 nitrogen and oxygen atoms in total. The van der Waals surface area contributed by atoms with E-state index >= 15 is 0 Å². The second-order valence-electron chi connectivity index (χ2n) is 5.79. The number of carbonyl (C=O) groups excluding carboxylic acids is 1. The normalized spacial score (nSPS) is 12.1. The van der Waals surface area contributed by atoms with Crippen molar-refractivity contribution in [2.45, 2.75) is 65.2 Å². The molecule has 2 heteroatoms. The van der Waals surface area contributed by atoms with Gasteiger partial charge in [0.25, 0.3) is 0 Å². The predicted octanol–water partition coefficient (Wildman–Crippen LogP) is 5.16. The molecule has 0 amide bonds. The molecule has 0 bridgehead atoms. The fraction of sp³-hybridized carbons (Fsp3) is 0.632. The zero-order chi connectivity index (χ0) is 15.3. The highest BCUT2D eigenvalue weighted by atomic mass is 16.5. The number of esters is 1. The molecule has 0 aliphatic carbocycles. The van der Waals surface area contributed by atoms with E-state index in [1.165, 1.54) is 24.8 Å². The predicted molar refractivity (Wildman–Crippen MR) is 88.3 cm³/mol. The van der Waals surface area contributed by atoms with E-state index in [9.17, 15) is 4.79 Å². The minimum absolute atomic E-state index is 0.0296. The van der Waals surface area contributed by atoms with Gasteiger partial charge in [-0.3, -0.25) is 4.79 Å². The molecule has 1 aromatic carbocycles. The zero-order valence-corrected chi connectivity index (χ0v) is 13.6. The average molecular weight is 290 g/mol. The Kier molecular flexibility index (Phi) is 9.60. The Bertz CT molecular complexity index is 372. The summed E-state index contributed by atoms with van der Waals surface area (Å²) in [4.78, 5) is 11.7. The van der Waals surface area contributed by atoms with Crippen LogP contribution < -0.4 is 0 Å². The molecule has 1 unspecified atom stereocenters. The van der Waals surface area contributed by atoms with E-state index in [1.807, 2.05) is 6.07 Å². The summed E-state index contributed by atoms with van der Waals surface area (Å²) in [6.07, 6.45) is 8.28. The number of hydrogen-bond donors (Lipinski definition) is 0. The highest BCUT2D eigenvalue weighted by molar-refractivity contribution is 5.69. The Morgan fingerprint density at radius 1 is 1.10 bits per heavy atom. The van der Waals surface area contributed by atoms with Crippen LogP contribution in [-0.2, 0) is 16.0 Å². The second-order valence-corrected chi connectivity index (χ2v) is 5.79. The van der Waals surface area contributed by atoms with Crippen LogP contribution in [0.4, 0.5) is 0 Å². The van der Waals surface area contributed by atoms with Crippen molar-refractivity contribution in [1.82, 2.24) is 0 Å². The summed E-state index contributed by atoms with van der Waals surface area (Å²) in [5.74, 6) is 0.510. The Morgan fingerprint density at radius 2 is 1.86 bits per heavy atom. The summed E-state index contributed by atoms with van der Waals surface area (Å²) in [5.41, 5.74) is 1.34. The van der Waals surface area contributed by atoms with Gasteiger partial charge >= 0.3 is 5.97 Å². The first kappa shape index (κ1) is 17.7. The molecule has 0 aromatic heterocycles. The number of ether oxygens (including phenoxy) is 1. The third-order valence-corrected chi connectivity index (χ3v) is 3.96. The molecule has 1 atom stereocenters. The van der Waals surface area contributed by atoms with E-state index in [0.29, 0.717) is 18.9 Å². The maximum absolute atomic E-state index is 11.7. The van der Waals surface area contributed by atoms with Crippen LogP contribution in [0, 0.1) is 5.92 Å². The Hall–Kier alpha value is -1.31. The van der Waals surface area contributed by atoms with E-state index in [2.05, 4.69) is 38.1 Å². The molecule has 0 saturated heterocycles. The van der Waals surface area contributed by atoms with Crippen LogP contribution in [0.1, 0.15) is 64.4 Å². The second kappa shape index (κ2) is 11.4. The van der Waals surface area contributed by atoms with Crippen LogP contribution in [0.3, 0.4) is 0 Å². The maximum Gasteiger partial charge on any atom is 0.305 e. The lowest BCUT2D eigenvalue weighted by Gasteiger charge is -2.14. The van der Waals surface area contributed by atoms with Gasteiger partial charge in [0.05, 0.1) is 6.61 Å². The first-order valence-corrected chi connectivity index (χ1v) is 8.45. The van der Waals surface area contributed by atoms with Crippen molar-refractivity contribution in [3.8, 4) is 0 Å². The van der Waals surface area contributed by atoms with Gasteiger partial charge in [-0.1, -0.05) is 63.4 Å². The standard InChI is InChI=1S/C19H30O2/c1-3-5-11-17(4-2)16-21-19(20)15-10-9-14-18-12-7-6-8-13-18/h6-8,12-13,17H,3-5,9-11,14-16H2,1-2H3. The molecule has 0 aliphatic rings. The number of aryl methyl sites for hydroxylation is 1. The quantitative estimate of drug-likeness (QED) is 0.415. The van der Waals surface area contributed by atoms with Gasteiger partial charge in [0.15, 0.2) is 0 Å². The maximum atomic E-state index is 11.7. The van der Waals surface area contributed by atoms with Gasteiger partial charge in [-0.25, -0.2) is 0 Å². The highest BCUT2D eigenvalue weighted by Crippen LogP contribution is 2.13. The van der Waals surface area contributed by atoms with Gasteiger partial charge < -0.3 is 4.74 Å². The first-order chi connectivity index (χ1) is 10.3. The minimum Gasteiger partial charge on any atom is -0.465 e. The van der Waals surface area contributed by atoms with Crippen LogP contribution >= 0.6 is 0 Å². The van der Waals surface area contributed by atoms with Crippen LogP contribution in [0.2, 0.25) is 0 Å². The molecule has 1 aromatic rings. The first-order valence-electron chi connectivity index (χ1n) is 8.45. The Morgan fingerprint density at radius 3 is 2.52 bits per heavy atom. The van der Waals surface area contributed by atoms with Gasteiger partial charge in [-0.05, 0) is 37.2 Å². The van der Waals surface area contributed by atoms with Crippen molar-refractivity contribution in [3.05, 3.63) is 35.9 Å². The molecular weight excluding hydrogens is 260 g/mol. The number of benzene rings is 1. The summed E-state index contributed by atoms with van der Waals surface area (Å²) < 4.78 is 5.41. The van der Waals surface area contributed by atoms with Gasteiger partial charge in [0.1, 0.15) is 0 Å². The molecule has 0 saturated carbocycles. The summed E-state index contributed by atoms with van der Waals surface area (Å²) in [5, 5.41) is 0. The summed E-state index contributed by atoms with van der Waals surface area (Å²) in [7, 11) is 0. The third kappa shape index (κ3) is 8.54. The van der Waals surface area contributed by atoms with Crippen molar-refractivity contribution in [3.63, 3.8) is 0 Å². The van der Waals surface area contributed by atoms with Gasteiger partial charge in [-0.15, -0.1) is 0 Å². The average Bonchev–Trinajstić information content (AvgIpc) is 2.53. The lowest BCUT2D eigenvalue weighted by Crippen LogP contribution is -2.13. The van der Waals surface area contributed by atoms with E-state index < -0.39 is 0 Å².